The Balaban J connectivity index is 2.82. The molecule has 1 nitrogen and oxygen atoms in total. The van der Waals surface area contributed by atoms with Crippen LogP contribution >= 0.6 is 0 Å². The molecular weight excluding hydrogens is 108 g/mol. The van der Waals surface area contributed by atoms with E-state index in [4.69, 9.17) is 0 Å². The molecule has 1 atom stereocenters. The Morgan fingerprint density at radius 1 is 1.57 bits per heavy atom. The molecule has 0 radical (unpaired) electrons. The molecule has 0 aromatic rings. The van der Waals surface area contributed by atoms with Gasteiger partial charge in [0, 0.05) is 22.8 Å². The molecule has 0 N–H and O–H groups in total. The van der Waals surface area contributed by atoms with Crippen molar-refractivity contribution in [2.75, 3.05) is 12.0 Å². The molecule has 0 saturated carbocycles. The van der Waals surface area contributed by atoms with Crippen LogP contribution in [0.4, 0.5) is 0 Å². The summed E-state index contributed by atoms with van der Waals surface area (Å²) in [6.45, 7) is 2.10. The molecule has 0 aliphatic heterocycles. The average Bonchev–Trinajstić information content (AvgIpc) is 1.61. The zero-order chi connectivity index (χ0) is 5.70. The lowest BCUT2D eigenvalue weighted by Crippen LogP contribution is -1.91. The standard InChI is InChI=1S/C5H12OS/c1-3-4-5-7(2)6/h3-5H2,1-2H3/t7-/m1/s1. The molecule has 0 unspecified atom stereocenters. The van der Waals surface area contributed by atoms with Gasteiger partial charge in [-0.2, -0.15) is 0 Å². The van der Waals surface area contributed by atoms with Crippen molar-refractivity contribution in [1.82, 2.24) is 0 Å². The summed E-state index contributed by atoms with van der Waals surface area (Å²) in [5.74, 6) is 0.872. The average molecular weight is 120 g/mol. The van der Waals surface area contributed by atoms with Crippen molar-refractivity contribution in [2.24, 2.45) is 0 Å². The molecular formula is C5H12OS. The summed E-state index contributed by atoms with van der Waals surface area (Å²) >= 11 is 0. The molecule has 0 aromatic carbocycles. The Bertz CT molecular complexity index is 61.1. The van der Waals surface area contributed by atoms with Gasteiger partial charge in [-0.1, -0.05) is 13.3 Å². The quantitative estimate of drug-likeness (QED) is 0.546. The first kappa shape index (κ1) is 7.15. The monoisotopic (exact) mass is 120 g/mol. The highest BCUT2D eigenvalue weighted by Gasteiger charge is 1.85. The van der Waals surface area contributed by atoms with E-state index in [0.29, 0.717) is 0 Å². The summed E-state index contributed by atoms with van der Waals surface area (Å²) in [5, 5.41) is 0. The van der Waals surface area contributed by atoms with Gasteiger partial charge in [0.25, 0.3) is 0 Å². The van der Waals surface area contributed by atoms with Gasteiger partial charge < -0.3 is 0 Å². The highest BCUT2D eigenvalue weighted by molar-refractivity contribution is 7.84. The van der Waals surface area contributed by atoms with Gasteiger partial charge in [0.05, 0.1) is 0 Å². The van der Waals surface area contributed by atoms with Crippen molar-refractivity contribution in [3.8, 4) is 0 Å². The third kappa shape index (κ3) is 6.15. The second-order valence-electron chi connectivity index (χ2n) is 1.63. The van der Waals surface area contributed by atoms with Crippen LogP contribution < -0.4 is 0 Å². The fraction of sp³-hybridized carbons (Fsp3) is 1.00. The van der Waals surface area contributed by atoms with Gasteiger partial charge in [0.15, 0.2) is 0 Å². The van der Waals surface area contributed by atoms with E-state index in [1.807, 2.05) is 0 Å². The van der Waals surface area contributed by atoms with Gasteiger partial charge in [0.2, 0.25) is 0 Å². The molecule has 0 amide bonds. The zero-order valence-corrected chi connectivity index (χ0v) is 5.75. The topological polar surface area (TPSA) is 17.1 Å². The van der Waals surface area contributed by atoms with Crippen LogP contribution in [0.5, 0.6) is 0 Å². The zero-order valence-electron chi connectivity index (χ0n) is 4.94. The second kappa shape index (κ2) is 4.31. The summed E-state index contributed by atoms with van der Waals surface area (Å²) in [5.41, 5.74) is 0. The van der Waals surface area contributed by atoms with E-state index in [1.54, 1.807) is 6.26 Å². The molecule has 0 aliphatic carbocycles. The molecule has 0 aromatic heterocycles. The van der Waals surface area contributed by atoms with Crippen molar-refractivity contribution < 1.29 is 4.21 Å². The Kier molecular flexibility index (Phi) is 4.41. The maximum absolute atomic E-state index is 10.3. The minimum Gasteiger partial charge on any atom is -0.260 e. The molecule has 0 saturated heterocycles. The number of hydrogen-bond donors (Lipinski definition) is 0. The van der Waals surface area contributed by atoms with E-state index in [2.05, 4.69) is 6.92 Å². The summed E-state index contributed by atoms with van der Waals surface area (Å²) < 4.78 is 10.3. The van der Waals surface area contributed by atoms with Crippen LogP contribution in [0, 0.1) is 0 Å². The molecule has 0 bridgehead atoms. The van der Waals surface area contributed by atoms with Gasteiger partial charge >= 0.3 is 0 Å². The molecule has 0 fully saturated rings. The van der Waals surface area contributed by atoms with E-state index in [1.165, 1.54) is 0 Å². The SMILES string of the molecule is CCCC[S@@](C)=O. The van der Waals surface area contributed by atoms with Gasteiger partial charge in [-0.25, -0.2) is 0 Å². The number of rotatable bonds is 3. The Labute approximate surface area is 47.6 Å². The first-order valence-electron chi connectivity index (χ1n) is 2.57. The largest absolute Gasteiger partial charge is 0.260 e. The molecule has 0 heterocycles. The summed E-state index contributed by atoms with van der Waals surface area (Å²) in [4.78, 5) is 0. The molecule has 0 aliphatic rings. The Hall–Kier alpha value is 0.150. The maximum atomic E-state index is 10.3. The highest BCUT2D eigenvalue weighted by Crippen LogP contribution is 1.86. The third-order valence-corrected chi connectivity index (χ3v) is 1.65. The van der Waals surface area contributed by atoms with Gasteiger partial charge in [-0.05, 0) is 6.42 Å². The van der Waals surface area contributed by atoms with E-state index in [-0.39, 0.29) is 0 Å². The molecule has 7 heavy (non-hydrogen) atoms. The minimum absolute atomic E-state index is 0.565. The molecule has 0 spiro atoms. The van der Waals surface area contributed by atoms with Crippen molar-refractivity contribution in [1.29, 1.82) is 0 Å². The van der Waals surface area contributed by atoms with Crippen LogP contribution in [0.15, 0.2) is 0 Å². The van der Waals surface area contributed by atoms with E-state index >= 15 is 0 Å². The number of hydrogen-bond acceptors (Lipinski definition) is 1. The molecule has 2 heteroatoms. The summed E-state index contributed by atoms with van der Waals surface area (Å²) in [7, 11) is -0.565. The highest BCUT2D eigenvalue weighted by atomic mass is 32.2. The number of unbranched alkanes of at least 4 members (excludes halogenated alkanes) is 1. The Morgan fingerprint density at radius 3 is 2.29 bits per heavy atom. The smallest absolute Gasteiger partial charge is 0.0231 e. The van der Waals surface area contributed by atoms with Gasteiger partial charge in [-0.3, -0.25) is 4.21 Å². The lowest BCUT2D eigenvalue weighted by Gasteiger charge is -1.88. The predicted molar refractivity (Wildman–Crippen MR) is 33.8 cm³/mol. The first-order valence-corrected chi connectivity index (χ1v) is 4.30. The molecule has 44 valence electrons. The third-order valence-electron chi connectivity index (χ3n) is 0.785. The van der Waals surface area contributed by atoms with Crippen LogP contribution in [0.25, 0.3) is 0 Å². The van der Waals surface area contributed by atoms with Crippen molar-refractivity contribution in [3.05, 3.63) is 0 Å². The predicted octanol–water partition coefficient (Wildman–Crippen LogP) is 1.17. The minimum atomic E-state index is -0.565. The molecule has 0 rings (SSSR count). The fourth-order valence-electron chi connectivity index (χ4n) is 0.348. The maximum Gasteiger partial charge on any atom is 0.0231 e. The van der Waals surface area contributed by atoms with Crippen LogP contribution in [0.2, 0.25) is 0 Å². The van der Waals surface area contributed by atoms with E-state index in [0.717, 1.165) is 18.6 Å². The first-order chi connectivity index (χ1) is 3.27. The lowest BCUT2D eigenvalue weighted by atomic mass is 10.4. The fourth-order valence-corrected chi connectivity index (χ4v) is 1.04. The van der Waals surface area contributed by atoms with Crippen LogP contribution in [-0.4, -0.2) is 16.2 Å². The Morgan fingerprint density at radius 2 is 2.14 bits per heavy atom. The van der Waals surface area contributed by atoms with Gasteiger partial charge in [0.1, 0.15) is 0 Å². The van der Waals surface area contributed by atoms with Crippen molar-refractivity contribution in [3.63, 3.8) is 0 Å². The van der Waals surface area contributed by atoms with Crippen LogP contribution in [0.1, 0.15) is 19.8 Å². The van der Waals surface area contributed by atoms with Crippen molar-refractivity contribution >= 4 is 10.8 Å². The van der Waals surface area contributed by atoms with Crippen LogP contribution in [0.3, 0.4) is 0 Å². The normalized spacial score (nSPS) is 14.0. The van der Waals surface area contributed by atoms with E-state index < -0.39 is 10.8 Å². The van der Waals surface area contributed by atoms with Gasteiger partial charge in [-0.15, -0.1) is 0 Å². The van der Waals surface area contributed by atoms with Crippen molar-refractivity contribution in [2.45, 2.75) is 19.8 Å². The van der Waals surface area contributed by atoms with E-state index in [9.17, 15) is 4.21 Å². The lowest BCUT2D eigenvalue weighted by molar-refractivity contribution is 0.683. The van der Waals surface area contributed by atoms with Crippen LogP contribution in [-0.2, 0) is 10.8 Å². The summed E-state index contributed by atoms with van der Waals surface area (Å²) in [6, 6.07) is 0. The summed E-state index contributed by atoms with van der Waals surface area (Å²) in [6.07, 6.45) is 4.00. The second-order valence-corrected chi connectivity index (χ2v) is 3.19.